The van der Waals surface area contributed by atoms with Gasteiger partial charge < -0.3 is 15.2 Å². The van der Waals surface area contributed by atoms with Crippen LogP contribution in [0.15, 0.2) is 40.2 Å². The number of thiocarbonyl (C=S) groups is 1. The molecule has 0 radical (unpaired) electrons. The molecule has 0 atom stereocenters. The van der Waals surface area contributed by atoms with E-state index >= 15 is 0 Å². The first-order valence-corrected chi connectivity index (χ1v) is 8.67. The molecule has 0 unspecified atom stereocenters. The van der Waals surface area contributed by atoms with Gasteiger partial charge in [-0.3, -0.25) is 4.31 Å². The van der Waals surface area contributed by atoms with Crippen LogP contribution < -0.4 is 15.2 Å². The number of benzene rings is 2. The Morgan fingerprint density at radius 1 is 1.15 bits per heavy atom. The van der Waals surface area contributed by atoms with Crippen LogP contribution in [0.5, 0.6) is 11.5 Å². The monoisotopic (exact) mass is 415 g/mol. The van der Waals surface area contributed by atoms with Crippen molar-refractivity contribution in [2.45, 2.75) is 11.4 Å². The molecule has 0 fully saturated rings. The van der Waals surface area contributed by atoms with Crippen molar-refractivity contribution in [3.05, 3.63) is 53.3 Å². The lowest BCUT2D eigenvalue weighted by atomic mass is 10.2. The molecule has 0 aliphatic rings. The predicted molar refractivity (Wildman–Crippen MR) is 103 cm³/mol. The Morgan fingerprint density at radius 2 is 1.85 bits per heavy atom. The summed E-state index contributed by atoms with van der Waals surface area (Å²) < 4.78 is 52.6. The molecule has 2 aromatic rings. The van der Waals surface area contributed by atoms with Crippen molar-refractivity contribution in [1.82, 2.24) is 4.31 Å². The zero-order chi connectivity index (χ0) is 20.0. The van der Waals surface area contributed by atoms with E-state index in [0.29, 0.717) is 23.1 Å². The number of ether oxygens (including phenoxy) is 2. The van der Waals surface area contributed by atoms with Crippen LogP contribution in [-0.4, -0.2) is 30.0 Å². The van der Waals surface area contributed by atoms with Crippen LogP contribution in [0.25, 0.3) is 0 Å². The standard InChI is InChI=1S/C17H16F3N3O2S2/c1-24-11-4-3-10(15(5-11)25-2)8-23(17(26)22-9-21)27-16-7-13(19)12(18)6-14(16)20/h3-7,9H,8H2,1-2H3,(H2,21,22,26). The highest BCUT2D eigenvalue weighted by atomic mass is 32.2. The van der Waals surface area contributed by atoms with E-state index < -0.39 is 17.5 Å². The van der Waals surface area contributed by atoms with Gasteiger partial charge in [-0.15, -0.1) is 0 Å². The zero-order valence-corrected chi connectivity index (χ0v) is 16.0. The summed E-state index contributed by atoms with van der Waals surface area (Å²) in [6.07, 6.45) is 0.989. The summed E-state index contributed by atoms with van der Waals surface area (Å²) in [4.78, 5) is 3.65. The largest absolute Gasteiger partial charge is 0.497 e. The lowest BCUT2D eigenvalue weighted by Crippen LogP contribution is -2.22. The molecule has 0 aliphatic carbocycles. The molecular weight excluding hydrogens is 399 g/mol. The van der Waals surface area contributed by atoms with Gasteiger partial charge >= 0.3 is 0 Å². The van der Waals surface area contributed by atoms with Crippen LogP contribution in [0.2, 0.25) is 0 Å². The lowest BCUT2D eigenvalue weighted by molar-refractivity contribution is 0.389. The fourth-order valence-electron chi connectivity index (χ4n) is 2.10. The van der Waals surface area contributed by atoms with Crippen LogP contribution >= 0.6 is 24.2 Å². The third-order valence-corrected chi connectivity index (χ3v) is 4.86. The topological polar surface area (TPSA) is 60.1 Å². The summed E-state index contributed by atoms with van der Waals surface area (Å²) in [6.45, 7) is 0.131. The third-order valence-electron chi connectivity index (χ3n) is 3.39. The molecule has 0 amide bonds. The molecule has 2 aromatic carbocycles. The van der Waals surface area contributed by atoms with Crippen molar-refractivity contribution in [1.29, 1.82) is 0 Å². The molecule has 2 N–H and O–H groups in total. The molecule has 2 rings (SSSR count). The van der Waals surface area contributed by atoms with Crippen LogP contribution in [0.4, 0.5) is 13.2 Å². The summed E-state index contributed by atoms with van der Waals surface area (Å²) in [5, 5.41) is 0.0181. The molecular formula is C17H16F3N3O2S2. The maximum Gasteiger partial charge on any atom is 0.207 e. The van der Waals surface area contributed by atoms with Crippen molar-refractivity contribution in [2.24, 2.45) is 10.7 Å². The highest BCUT2D eigenvalue weighted by Gasteiger charge is 2.19. The second kappa shape index (κ2) is 9.47. The van der Waals surface area contributed by atoms with Gasteiger partial charge in [-0.05, 0) is 42.4 Å². The number of hydrogen-bond acceptors (Lipinski definition) is 4. The molecule has 0 bridgehead atoms. The number of halogens is 3. The Balaban J connectivity index is 2.36. The maximum atomic E-state index is 14.0. The summed E-state index contributed by atoms with van der Waals surface area (Å²) >= 11 is 5.94. The molecule has 27 heavy (non-hydrogen) atoms. The van der Waals surface area contributed by atoms with Gasteiger partial charge in [0.25, 0.3) is 0 Å². The SMILES string of the molecule is COc1ccc(CN(Sc2cc(F)c(F)cc2F)C(=S)/N=C\N)c(OC)c1. The summed E-state index contributed by atoms with van der Waals surface area (Å²) in [5.41, 5.74) is 5.97. The summed E-state index contributed by atoms with van der Waals surface area (Å²) in [6, 6.07) is 6.35. The van der Waals surface area contributed by atoms with Crippen LogP contribution in [0.3, 0.4) is 0 Å². The Morgan fingerprint density at radius 3 is 2.48 bits per heavy atom. The van der Waals surface area contributed by atoms with Crippen molar-refractivity contribution in [3.63, 3.8) is 0 Å². The van der Waals surface area contributed by atoms with Crippen molar-refractivity contribution >= 4 is 35.6 Å². The highest BCUT2D eigenvalue weighted by molar-refractivity contribution is 7.98. The van der Waals surface area contributed by atoms with E-state index in [1.807, 2.05) is 0 Å². The zero-order valence-electron chi connectivity index (χ0n) is 14.4. The van der Waals surface area contributed by atoms with Gasteiger partial charge in [-0.2, -0.15) is 0 Å². The lowest BCUT2D eigenvalue weighted by Gasteiger charge is -2.23. The van der Waals surface area contributed by atoms with E-state index in [4.69, 9.17) is 27.4 Å². The van der Waals surface area contributed by atoms with E-state index in [1.165, 1.54) is 18.5 Å². The van der Waals surface area contributed by atoms with Gasteiger partial charge in [0.05, 0.1) is 32.0 Å². The average molecular weight is 415 g/mol. The van der Waals surface area contributed by atoms with E-state index in [9.17, 15) is 13.2 Å². The molecule has 10 heteroatoms. The second-order valence-corrected chi connectivity index (χ2v) is 6.49. The minimum Gasteiger partial charge on any atom is -0.497 e. The summed E-state index contributed by atoms with van der Waals surface area (Å²) in [5.74, 6) is -2.28. The molecule has 5 nitrogen and oxygen atoms in total. The third kappa shape index (κ3) is 5.27. The molecule has 0 aliphatic heterocycles. The first-order valence-electron chi connectivity index (χ1n) is 7.48. The number of aliphatic imine (C=N–C) groups is 1. The van der Waals surface area contributed by atoms with Crippen molar-refractivity contribution < 1.29 is 22.6 Å². The second-order valence-electron chi connectivity index (χ2n) is 5.06. The Bertz CT molecular complexity index is 866. The first-order chi connectivity index (χ1) is 12.9. The Kier molecular flexibility index (Phi) is 7.31. The average Bonchev–Trinajstić information content (AvgIpc) is 2.65. The molecule has 0 saturated carbocycles. The molecule has 0 heterocycles. The highest BCUT2D eigenvalue weighted by Crippen LogP contribution is 2.32. The van der Waals surface area contributed by atoms with Gasteiger partial charge in [0.2, 0.25) is 5.11 Å². The van der Waals surface area contributed by atoms with Crippen molar-refractivity contribution in [2.75, 3.05) is 14.2 Å². The smallest absolute Gasteiger partial charge is 0.207 e. The quantitative estimate of drug-likeness (QED) is 0.254. The van der Waals surface area contributed by atoms with E-state index in [-0.39, 0.29) is 16.6 Å². The van der Waals surface area contributed by atoms with Gasteiger partial charge in [0.15, 0.2) is 11.6 Å². The first kappa shape index (κ1) is 20.8. The number of nitrogens with two attached hydrogens (primary N) is 1. The van der Waals surface area contributed by atoms with Gasteiger partial charge in [0.1, 0.15) is 17.3 Å². The number of rotatable bonds is 6. The predicted octanol–water partition coefficient (Wildman–Crippen LogP) is 3.90. The fraction of sp³-hybridized carbons (Fsp3) is 0.176. The molecule has 0 aromatic heterocycles. The van der Waals surface area contributed by atoms with Crippen molar-refractivity contribution in [3.8, 4) is 11.5 Å². The fourth-order valence-corrected chi connectivity index (χ4v) is 3.20. The van der Waals surface area contributed by atoms with Crippen LogP contribution in [0, 0.1) is 17.5 Å². The normalized spacial score (nSPS) is 10.9. The molecule has 0 spiro atoms. The van der Waals surface area contributed by atoms with E-state index in [1.54, 1.807) is 18.2 Å². The van der Waals surface area contributed by atoms with Crippen LogP contribution in [0.1, 0.15) is 5.56 Å². The molecule has 144 valence electrons. The minimum absolute atomic E-state index is 0.0181. The summed E-state index contributed by atoms with van der Waals surface area (Å²) in [7, 11) is 3.01. The Labute approximate surface area is 164 Å². The number of hydrogen-bond donors (Lipinski definition) is 1. The Hall–Kier alpha value is -2.46. The number of methoxy groups -OCH3 is 2. The van der Waals surface area contributed by atoms with Gasteiger partial charge in [-0.1, -0.05) is 0 Å². The van der Waals surface area contributed by atoms with Gasteiger partial charge in [0, 0.05) is 17.7 Å². The van der Waals surface area contributed by atoms with Crippen LogP contribution in [-0.2, 0) is 6.54 Å². The number of nitrogens with zero attached hydrogens (tertiary/aromatic N) is 2. The minimum atomic E-state index is -1.28. The van der Waals surface area contributed by atoms with E-state index in [2.05, 4.69) is 4.99 Å². The maximum absolute atomic E-state index is 14.0. The molecule has 0 saturated heterocycles. The van der Waals surface area contributed by atoms with E-state index in [0.717, 1.165) is 24.4 Å². The van der Waals surface area contributed by atoms with Gasteiger partial charge in [-0.25, -0.2) is 18.2 Å².